The molecule has 0 spiro atoms. The van der Waals surface area contributed by atoms with Gasteiger partial charge in [-0.25, -0.2) is 0 Å². The van der Waals surface area contributed by atoms with E-state index in [-0.39, 0.29) is 35.7 Å². The Balaban J connectivity index is 1.32. The highest BCUT2D eigenvalue weighted by atomic mass is 19.4. The van der Waals surface area contributed by atoms with E-state index in [4.69, 9.17) is 14.7 Å². The van der Waals surface area contributed by atoms with E-state index in [0.29, 0.717) is 48.1 Å². The Morgan fingerprint density at radius 3 is 2.45 bits per heavy atom. The third-order valence-corrected chi connectivity index (χ3v) is 12.3. The van der Waals surface area contributed by atoms with Crippen molar-refractivity contribution in [3.8, 4) is 6.07 Å². The van der Waals surface area contributed by atoms with E-state index >= 15 is 0 Å². The zero-order chi connectivity index (χ0) is 27.5. The minimum Gasteiger partial charge on any atom is -0.379 e. The highest BCUT2D eigenvalue weighted by Gasteiger charge is 2.66. The molecule has 0 aliphatic heterocycles. The van der Waals surface area contributed by atoms with Gasteiger partial charge in [0.2, 0.25) is 0 Å². The standard InChI is InChI=1S/C30H44F3N3O2/c1-19(26(37-4)18-36-17-20(15-34)16-35-36)23-8-9-24-22-7-6-21-14-29(38-5,30(31,32)33)13-12-27(21,2)25(22)10-11-28(23,24)3/h16-17,19,21-26H,6-14,18H2,1-5H3/t19-,21+,22-,23+,24-,25-,26+,27-,28+,29+/m0/s1. The number of ether oxygens (including phenoxy) is 2. The maximum atomic E-state index is 14.1. The summed E-state index contributed by atoms with van der Waals surface area (Å²) in [5.74, 6) is 2.67. The summed E-state index contributed by atoms with van der Waals surface area (Å²) in [5, 5.41) is 13.5. The van der Waals surface area contributed by atoms with Gasteiger partial charge in [-0.2, -0.15) is 23.5 Å². The molecule has 4 aliphatic rings. The first kappa shape index (κ1) is 28.0. The largest absolute Gasteiger partial charge is 0.417 e. The maximum Gasteiger partial charge on any atom is 0.417 e. The normalized spacial score (nSPS) is 42.4. The van der Waals surface area contributed by atoms with E-state index in [2.05, 4.69) is 31.9 Å². The van der Waals surface area contributed by atoms with Gasteiger partial charge in [-0.1, -0.05) is 20.8 Å². The summed E-state index contributed by atoms with van der Waals surface area (Å²) in [6, 6.07) is 2.14. The summed E-state index contributed by atoms with van der Waals surface area (Å²) in [4.78, 5) is 0. The topological polar surface area (TPSA) is 60.1 Å². The van der Waals surface area contributed by atoms with Crippen molar-refractivity contribution in [1.29, 1.82) is 5.26 Å². The second-order valence-electron chi connectivity index (χ2n) is 13.5. The van der Waals surface area contributed by atoms with Crippen LogP contribution >= 0.6 is 0 Å². The van der Waals surface area contributed by atoms with E-state index in [9.17, 15) is 13.2 Å². The van der Waals surface area contributed by atoms with Crippen LogP contribution in [0.3, 0.4) is 0 Å². The van der Waals surface area contributed by atoms with Crippen LogP contribution < -0.4 is 0 Å². The van der Waals surface area contributed by atoms with Crippen molar-refractivity contribution in [3.05, 3.63) is 18.0 Å². The molecule has 1 aromatic rings. The average molecular weight is 536 g/mol. The molecule has 0 amide bonds. The van der Waals surface area contributed by atoms with Gasteiger partial charge >= 0.3 is 6.18 Å². The number of fused-ring (bicyclic) bond motifs is 5. The van der Waals surface area contributed by atoms with Gasteiger partial charge < -0.3 is 9.47 Å². The first-order valence-electron chi connectivity index (χ1n) is 14.5. The zero-order valence-corrected chi connectivity index (χ0v) is 23.6. The van der Waals surface area contributed by atoms with Gasteiger partial charge in [0.1, 0.15) is 6.07 Å². The lowest BCUT2D eigenvalue weighted by atomic mass is 9.43. The molecule has 10 atom stereocenters. The predicted molar refractivity (Wildman–Crippen MR) is 138 cm³/mol. The number of hydrogen-bond donors (Lipinski definition) is 0. The van der Waals surface area contributed by atoms with Gasteiger partial charge in [0.25, 0.3) is 0 Å². The van der Waals surface area contributed by atoms with Gasteiger partial charge in [0, 0.05) is 20.4 Å². The Kier molecular flexibility index (Phi) is 7.21. The minimum atomic E-state index is -4.32. The number of nitrogens with zero attached hydrogens (tertiary/aromatic N) is 3. The van der Waals surface area contributed by atoms with Gasteiger partial charge in [-0.3, -0.25) is 4.68 Å². The van der Waals surface area contributed by atoms with Crippen LogP contribution in [0, 0.1) is 57.7 Å². The number of halogens is 3. The third-order valence-electron chi connectivity index (χ3n) is 12.3. The first-order valence-corrected chi connectivity index (χ1v) is 14.5. The molecular weight excluding hydrogens is 491 g/mol. The molecule has 4 aliphatic carbocycles. The second kappa shape index (κ2) is 9.80. The highest BCUT2D eigenvalue weighted by Crippen LogP contribution is 2.69. The predicted octanol–water partition coefficient (Wildman–Crippen LogP) is 7.01. The van der Waals surface area contributed by atoms with Crippen molar-refractivity contribution in [1.82, 2.24) is 9.78 Å². The molecule has 5 rings (SSSR count). The molecule has 0 radical (unpaired) electrons. The van der Waals surface area contributed by atoms with Crippen molar-refractivity contribution < 1.29 is 22.6 Å². The minimum absolute atomic E-state index is 0.0101. The van der Waals surface area contributed by atoms with E-state index in [1.54, 1.807) is 19.5 Å². The maximum absolute atomic E-state index is 14.1. The Morgan fingerprint density at radius 1 is 1.08 bits per heavy atom. The number of hydrogen-bond acceptors (Lipinski definition) is 4. The molecule has 0 aromatic carbocycles. The lowest BCUT2D eigenvalue weighted by Crippen LogP contribution is -2.59. The summed E-state index contributed by atoms with van der Waals surface area (Å²) in [7, 11) is 3.02. The fraction of sp³-hybridized carbons (Fsp3) is 0.867. The van der Waals surface area contributed by atoms with Crippen LogP contribution in [0.15, 0.2) is 12.4 Å². The van der Waals surface area contributed by atoms with Gasteiger partial charge in [0.15, 0.2) is 5.60 Å². The Bertz CT molecular complexity index is 1050. The van der Waals surface area contributed by atoms with Crippen molar-refractivity contribution in [2.75, 3.05) is 14.2 Å². The molecule has 38 heavy (non-hydrogen) atoms. The summed E-state index contributed by atoms with van der Waals surface area (Å²) < 4.78 is 55.2. The molecule has 1 heterocycles. The van der Waals surface area contributed by atoms with E-state index in [1.807, 2.05) is 4.68 Å². The molecule has 5 nitrogen and oxygen atoms in total. The number of aromatic nitrogens is 2. The zero-order valence-electron chi connectivity index (χ0n) is 23.6. The van der Waals surface area contributed by atoms with Crippen LogP contribution in [0.1, 0.15) is 84.1 Å². The molecule has 8 heteroatoms. The Hall–Kier alpha value is -1.59. The lowest BCUT2D eigenvalue weighted by molar-refractivity contribution is -0.299. The van der Waals surface area contributed by atoms with Crippen LogP contribution in [0.25, 0.3) is 0 Å². The van der Waals surface area contributed by atoms with Crippen LogP contribution in [0.5, 0.6) is 0 Å². The van der Waals surface area contributed by atoms with Crippen LogP contribution in [-0.4, -0.2) is 41.9 Å². The fourth-order valence-corrected chi connectivity index (χ4v) is 10.1. The van der Waals surface area contributed by atoms with Crippen LogP contribution in [0.4, 0.5) is 13.2 Å². The molecular formula is C30H44F3N3O2. The van der Waals surface area contributed by atoms with Crippen LogP contribution in [-0.2, 0) is 16.0 Å². The molecule has 4 saturated carbocycles. The smallest absolute Gasteiger partial charge is 0.379 e. The third kappa shape index (κ3) is 4.22. The molecule has 4 fully saturated rings. The summed E-state index contributed by atoms with van der Waals surface area (Å²) in [6.45, 7) is 7.74. The summed E-state index contributed by atoms with van der Waals surface area (Å²) in [6.07, 6.45) is 6.44. The SMILES string of the molecule is CO[C@H](Cn1cc(C#N)cn1)[C@@H](C)[C@H]1CC[C@H]2[C@@H]3CC[C@@H]4C[C@@](OC)(C(F)(F)F)CC[C@]4(C)[C@H]3CC[C@]12C. The van der Waals surface area contributed by atoms with Crippen molar-refractivity contribution in [3.63, 3.8) is 0 Å². The number of nitriles is 1. The van der Waals surface area contributed by atoms with E-state index < -0.39 is 11.8 Å². The molecule has 0 unspecified atom stereocenters. The molecule has 0 N–H and O–H groups in total. The molecule has 0 saturated heterocycles. The first-order chi connectivity index (χ1) is 17.9. The quantitative estimate of drug-likeness (QED) is 0.393. The van der Waals surface area contributed by atoms with Crippen molar-refractivity contribution in [2.24, 2.45) is 46.3 Å². The van der Waals surface area contributed by atoms with Gasteiger partial charge in [-0.15, -0.1) is 0 Å². The summed E-state index contributed by atoms with van der Waals surface area (Å²) in [5.41, 5.74) is -1.23. The molecule has 212 valence electrons. The fourth-order valence-electron chi connectivity index (χ4n) is 10.1. The monoisotopic (exact) mass is 535 g/mol. The van der Waals surface area contributed by atoms with Crippen molar-refractivity contribution >= 4 is 0 Å². The number of rotatable bonds is 6. The summed E-state index contributed by atoms with van der Waals surface area (Å²) >= 11 is 0. The van der Waals surface area contributed by atoms with E-state index in [1.165, 1.54) is 20.0 Å². The average Bonchev–Trinajstić information content (AvgIpc) is 3.49. The molecule has 0 bridgehead atoms. The number of alkyl halides is 3. The second-order valence-corrected chi connectivity index (χ2v) is 13.5. The lowest BCUT2D eigenvalue weighted by Gasteiger charge is -2.62. The van der Waals surface area contributed by atoms with Gasteiger partial charge in [0.05, 0.1) is 24.4 Å². The van der Waals surface area contributed by atoms with E-state index in [0.717, 1.165) is 25.7 Å². The highest BCUT2D eigenvalue weighted by molar-refractivity contribution is 5.21. The number of methoxy groups -OCH3 is 2. The van der Waals surface area contributed by atoms with Crippen LogP contribution in [0.2, 0.25) is 0 Å². The van der Waals surface area contributed by atoms with Gasteiger partial charge in [-0.05, 0) is 104 Å². The molecule has 1 aromatic heterocycles. The Labute approximate surface area is 225 Å². The van der Waals surface area contributed by atoms with Crippen molar-refractivity contribution in [2.45, 2.75) is 103 Å². The Morgan fingerprint density at radius 2 is 1.82 bits per heavy atom.